The van der Waals surface area contributed by atoms with Gasteiger partial charge in [0.25, 0.3) is 0 Å². The van der Waals surface area contributed by atoms with E-state index in [9.17, 15) is 4.79 Å². The molecule has 0 bridgehead atoms. The van der Waals surface area contributed by atoms with Gasteiger partial charge in [0.15, 0.2) is 0 Å². The monoisotopic (exact) mass is 320 g/mol. The van der Waals surface area contributed by atoms with Crippen LogP contribution in [0.5, 0.6) is 5.75 Å². The second-order valence-electron chi connectivity index (χ2n) is 5.77. The molecule has 3 rings (SSSR count). The molecule has 4 nitrogen and oxygen atoms in total. The molecule has 2 N–H and O–H groups in total. The van der Waals surface area contributed by atoms with Crippen molar-refractivity contribution in [2.24, 2.45) is 0 Å². The van der Waals surface area contributed by atoms with Crippen molar-refractivity contribution in [2.75, 3.05) is 5.32 Å². The number of esters is 1. The normalized spacial score (nSPS) is 11.8. The predicted octanol–water partition coefficient (Wildman–Crippen LogP) is 4.40. The summed E-state index contributed by atoms with van der Waals surface area (Å²) in [6.07, 6.45) is 1.69. The maximum atomic E-state index is 12.2. The van der Waals surface area contributed by atoms with Crippen LogP contribution in [-0.2, 0) is 4.79 Å². The van der Waals surface area contributed by atoms with Crippen LogP contribution < -0.4 is 10.1 Å². The number of hydrogen-bond acceptors (Lipinski definition) is 3. The van der Waals surface area contributed by atoms with E-state index in [1.807, 2.05) is 67.6 Å². The lowest BCUT2D eigenvalue weighted by Gasteiger charge is -2.13. The lowest BCUT2D eigenvalue weighted by Crippen LogP contribution is -2.30. The number of anilines is 1. The minimum absolute atomic E-state index is 0.325. The van der Waals surface area contributed by atoms with Crippen LogP contribution in [0.4, 0.5) is 5.69 Å². The van der Waals surface area contributed by atoms with Crippen LogP contribution in [0.1, 0.15) is 12.5 Å². The maximum Gasteiger partial charge on any atom is 0.333 e. The Balaban J connectivity index is 1.62. The van der Waals surface area contributed by atoms with E-state index in [1.165, 1.54) is 5.56 Å². The van der Waals surface area contributed by atoms with Gasteiger partial charge in [-0.25, -0.2) is 4.79 Å². The van der Waals surface area contributed by atoms with Crippen molar-refractivity contribution in [1.29, 1.82) is 0 Å². The number of hydrogen-bond donors (Lipinski definition) is 2. The average Bonchev–Trinajstić information content (AvgIpc) is 3.06. The zero-order chi connectivity index (χ0) is 16.9. The van der Waals surface area contributed by atoms with Gasteiger partial charge >= 0.3 is 5.97 Å². The first kappa shape index (κ1) is 15.9. The summed E-state index contributed by atoms with van der Waals surface area (Å²) in [6, 6.07) is 19.2. The van der Waals surface area contributed by atoms with Crippen LogP contribution in [0.15, 0.2) is 66.9 Å². The first-order valence-corrected chi connectivity index (χ1v) is 7.90. The average molecular weight is 320 g/mol. The number of ether oxygens (including phenoxy) is 1. The maximum absolute atomic E-state index is 12.2. The fraction of sp³-hybridized carbons (Fsp3) is 0.150. The lowest BCUT2D eigenvalue weighted by molar-refractivity contribution is -0.134. The van der Waals surface area contributed by atoms with Crippen LogP contribution in [0.2, 0.25) is 0 Å². The van der Waals surface area contributed by atoms with Gasteiger partial charge in [-0.15, -0.1) is 0 Å². The van der Waals surface area contributed by atoms with Crippen LogP contribution >= 0.6 is 0 Å². The lowest BCUT2D eigenvalue weighted by atomic mass is 10.2. The highest BCUT2D eigenvalue weighted by atomic mass is 16.5. The Kier molecular flexibility index (Phi) is 4.66. The van der Waals surface area contributed by atoms with Crippen molar-refractivity contribution >= 4 is 11.7 Å². The predicted molar refractivity (Wildman–Crippen MR) is 96.1 cm³/mol. The van der Waals surface area contributed by atoms with E-state index < -0.39 is 6.04 Å². The van der Waals surface area contributed by atoms with Gasteiger partial charge in [-0.1, -0.05) is 48.0 Å². The molecule has 0 aliphatic rings. The molecule has 24 heavy (non-hydrogen) atoms. The van der Waals surface area contributed by atoms with Crippen molar-refractivity contribution in [1.82, 2.24) is 4.98 Å². The highest BCUT2D eigenvalue weighted by molar-refractivity contribution is 5.81. The third-order valence-corrected chi connectivity index (χ3v) is 3.75. The molecule has 0 spiro atoms. The van der Waals surface area contributed by atoms with Gasteiger partial charge < -0.3 is 15.0 Å². The zero-order valence-electron chi connectivity index (χ0n) is 13.7. The van der Waals surface area contributed by atoms with E-state index in [2.05, 4.69) is 10.3 Å². The van der Waals surface area contributed by atoms with Gasteiger partial charge in [0.05, 0.1) is 0 Å². The second-order valence-corrected chi connectivity index (χ2v) is 5.77. The number of carbonyl (C=O) groups excluding carboxylic acids is 1. The SMILES string of the molecule is Cc1ccc(N[C@@H](C)C(=O)Oc2c[nH]c(-c3ccccc3)c2)cc1. The first-order chi connectivity index (χ1) is 11.6. The minimum atomic E-state index is -0.442. The van der Waals surface area contributed by atoms with Crippen molar-refractivity contribution in [3.63, 3.8) is 0 Å². The molecule has 4 heteroatoms. The van der Waals surface area contributed by atoms with E-state index in [1.54, 1.807) is 13.1 Å². The minimum Gasteiger partial charge on any atom is -0.423 e. The second kappa shape index (κ2) is 7.04. The molecule has 0 aliphatic carbocycles. The van der Waals surface area contributed by atoms with Crippen molar-refractivity contribution in [3.05, 3.63) is 72.4 Å². The number of benzene rings is 2. The summed E-state index contributed by atoms with van der Waals surface area (Å²) >= 11 is 0. The highest BCUT2D eigenvalue weighted by Crippen LogP contribution is 2.23. The number of aromatic nitrogens is 1. The van der Waals surface area contributed by atoms with E-state index in [4.69, 9.17) is 4.74 Å². The van der Waals surface area contributed by atoms with Crippen molar-refractivity contribution < 1.29 is 9.53 Å². The molecule has 122 valence electrons. The van der Waals surface area contributed by atoms with Crippen LogP contribution in [0, 0.1) is 6.92 Å². The summed E-state index contributed by atoms with van der Waals surface area (Å²) in [7, 11) is 0. The number of carbonyl (C=O) groups is 1. The largest absolute Gasteiger partial charge is 0.423 e. The van der Waals surface area contributed by atoms with Gasteiger partial charge in [0.2, 0.25) is 0 Å². The zero-order valence-corrected chi connectivity index (χ0v) is 13.7. The quantitative estimate of drug-likeness (QED) is 0.685. The molecule has 0 aliphatic heterocycles. The van der Waals surface area contributed by atoms with Crippen molar-refractivity contribution in [3.8, 4) is 17.0 Å². The van der Waals surface area contributed by atoms with Crippen LogP contribution in [0.25, 0.3) is 11.3 Å². The third kappa shape index (κ3) is 3.84. The Bertz CT molecular complexity index is 807. The van der Waals surface area contributed by atoms with Crippen LogP contribution in [0.3, 0.4) is 0 Å². The van der Waals surface area contributed by atoms with Gasteiger partial charge in [0.1, 0.15) is 11.8 Å². The van der Waals surface area contributed by atoms with Gasteiger partial charge in [-0.05, 0) is 31.5 Å². The Morgan fingerprint density at radius 1 is 1.08 bits per heavy atom. The molecular weight excluding hydrogens is 300 g/mol. The summed E-state index contributed by atoms with van der Waals surface area (Å²) < 4.78 is 5.44. The summed E-state index contributed by atoms with van der Waals surface area (Å²) in [4.78, 5) is 15.4. The smallest absolute Gasteiger partial charge is 0.333 e. The van der Waals surface area contributed by atoms with E-state index in [0.717, 1.165) is 16.9 Å². The fourth-order valence-corrected chi connectivity index (χ4v) is 2.38. The molecular formula is C20H20N2O2. The Hall–Kier alpha value is -3.01. The fourth-order valence-electron chi connectivity index (χ4n) is 2.38. The molecule has 0 fully saturated rings. The molecule has 1 heterocycles. The number of aromatic amines is 1. The first-order valence-electron chi connectivity index (χ1n) is 7.90. The molecule has 2 aromatic carbocycles. The Morgan fingerprint density at radius 2 is 1.79 bits per heavy atom. The molecule has 0 saturated carbocycles. The topological polar surface area (TPSA) is 54.1 Å². The molecule has 1 atom stereocenters. The van der Waals surface area contributed by atoms with E-state index in [-0.39, 0.29) is 5.97 Å². The van der Waals surface area contributed by atoms with E-state index >= 15 is 0 Å². The number of nitrogens with one attached hydrogen (secondary N) is 2. The highest BCUT2D eigenvalue weighted by Gasteiger charge is 2.16. The van der Waals surface area contributed by atoms with Gasteiger partial charge in [0, 0.05) is 23.6 Å². The summed E-state index contributed by atoms with van der Waals surface area (Å²) in [5.41, 5.74) is 4.03. The molecule has 3 aromatic rings. The third-order valence-electron chi connectivity index (χ3n) is 3.75. The van der Waals surface area contributed by atoms with Crippen molar-refractivity contribution in [2.45, 2.75) is 19.9 Å². The number of H-pyrrole nitrogens is 1. The van der Waals surface area contributed by atoms with Crippen LogP contribution in [-0.4, -0.2) is 17.0 Å². The number of aryl methyl sites for hydroxylation is 1. The molecule has 0 saturated heterocycles. The summed E-state index contributed by atoms with van der Waals surface area (Å²) in [5.74, 6) is 0.186. The standard InChI is InChI=1S/C20H20N2O2/c1-14-8-10-17(11-9-14)22-15(2)20(23)24-18-12-19(21-13-18)16-6-4-3-5-7-16/h3-13,15,21-22H,1-2H3/t15-/m0/s1. The number of rotatable bonds is 5. The van der Waals surface area contributed by atoms with Gasteiger partial charge in [-0.3, -0.25) is 0 Å². The Morgan fingerprint density at radius 3 is 2.50 bits per heavy atom. The van der Waals surface area contributed by atoms with Gasteiger partial charge in [-0.2, -0.15) is 0 Å². The van der Waals surface area contributed by atoms with E-state index in [0.29, 0.717) is 5.75 Å². The molecule has 1 aromatic heterocycles. The molecule has 0 unspecified atom stereocenters. The molecule has 0 radical (unpaired) electrons. The Labute approximate surface area is 141 Å². The molecule has 0 amide bonds. The summed E-state index contributed by atoms with van der Waals surface area (Å²) in [6.45, 7) is 3.81. The summed E-state index contributed by atoms with van der Waals surface area (Å²) in [5, 5.41) is 3.14.